The molecular weight excluding hydrogens is 360 g/mol. The van der Waals surface area contributed by atoms with Crippen molar-refractivity contribution >= 4 is 22.6 Å². The molecule has 0 amide bonds. The Balaban J connectivity index is 1.81. The second-order valence-corrected chi connectivity index (χ2v) is 7.96. The third kappa shape index (κ3) is 2.97. The zero-order valence-electron chi connectivity index (χ0n) is 15.9. The maximum Gasteiger partial charge on any atom is 0.316 e. The van der Waals surface area contributed by atoms with Crippen LogP contribution in [0.25, 0.3) is 0 Å². The average Bonchev–Trinajstić information content (AvgIpc) is 3.02. The summed E-state index contributed by atoms with van der Waals surface area (Å²) >= 11 is 1.81. The highest BCUT2D eigenvalue weighted by Gasteiger charge is 2.53. The van der Waals surface area contributed by atoms with Crippen molar-refractivity contribution in [3.63, 3.8) is 0 Å². The average molecular weight is 386 g/mol. The number of aryl methyl sites for hydroxylation is 1. The highest BCUT2D eigenvalue weighted by molar-refractivity contribution is 8.13. The van der Waals surface area contributed by atoms with Gasteiger partial charge in [-0.05, 0) is 54.9 Å². The number of rotatable bonds is 4. The summed E-state index contributed by atoms with van der Waals surface area (Å²) in [5.74, 6) is 2.36. The van der Waals surface area contributed by atoms with E-state index in [1.165, 1.54) is 5.56 Å². The van der Waals surface area contributed by atoms with E-state index in [1.807, 2.05) is 36.0 Å². The first-order valence-corrected chi connectivity index (χ1v) is 10.1. The van der Waals surface area contributed by atoms with Crippen molar-refractivity contribution in [3.8, 4) is 11.5 Å². The lowest BCUT2D eigenvalue weighted by Gasteiger charge is -2.25. The molecule has 0 fully saturated rings. The number of methoxy groups -OCH3 is 2. The zero-order valence-corrected chi connectivity index (χ0v) is 16.8. The van der Waals surface area contributed by atoms with Crippen LogP contribution < -0.4 is 14.4 Å². The van der Waals surface area contributed by atoms with Gasteiger partial charge in [-0.2, -0.15) is 0 Å². The van der Waals surface area contributed by atoms with E-state index in [-0.39, 0.29) is 0 Å². The van der Waals surface area contributed by atoms with E-state index in [0.717, 1.165) is 35.1 Å². The maximum absolute atomic E-state index is 11.8. The van der Waals surface area contributed by atoms with Crippen LogP contribution >= 0.6 is 11.8 Å². The molecule has 0 saturated carbocycles. The first-order valence-electron chi connectivity index (χ1n) is 9.14. The zero-order chi connectivity index (χ0) is 19.0. The maximum atomic E-state index is 11.8. The summed E-state index contributed by atoms with van der Waals surface area (Å²) in [7, 11) is 3.24. The molecule has 0 radical (unpaired) electrons. The van der Waals surface area contributed by atoms with Gasteiger partial charge in [0.2, 0.25) is 0 Å². The standard InChI is InChI=1S/C21H25N2O3S/c1-15-7-4-5-8-17(15)22-14-21(24,23-11-6-12-27-20(22)23)16-9-10-18(25-2)19(13-16)26-3/h4-5,7-10,13,24H,6,11-12,14H2,1-3H3/q+1/t21-/m1/s1. The number of amidine groups is 1. The van der Waals surface area contributed by atoms with Gasteiger partial charge in [0.1, 0.15) is 5.69 Å². The van der Waals surface area contributed by atoms with Gasteiger partial charge in [0.15, 0.2) is 18.0 Å². The number of β-amino-alcohol motifs (C(OH)–C–C–N with tert-alkyl or cyclic N) is 1. The third-order valence-electron chi connectivity index (χ3n) is 5.30. The fraction of sp³-hybridized carbons (Fsp3) is 0.381. The second-order valence-electron chi connectivity index (χ2n) is 6.90. The van der Waals surface area contributed by atoms with Crippen LogP contribution in [0.2, 0.25) is 0 Å². The molecule has 0 bridgehead atoms. The molecule has 0 aliphatic carbocycles. The molecule has 4 rings (SSSR count). The number of benzene rings is 2. The summed E-state index contributed by atoms with van der Waals surface area (Å²) in [4.78, 5) is 2.25. The molecule has 0 unspecified atom stereocenters. The molecule has 2 heterocycles. The van der Waals surface area contributed by atoms with Crippen LogP contribution in [-0.4, -0.2) is 47.9 Å². The lowest BCUT2D eigenvalue weighted by atomic mass is 10.0. The van der Waals surface area contributed by atoms with Gasteiger partial charge in [-0.15, -0.1) is 0 Å². The Kier molecular flexibility index (Phi) is 4.78. The summed E-state index contributed by atoms with van der Waals surface area (Å²) < 4.78 is 13.0. The minimum absolute atomic E-state index is 0.482. The highest BCUT2D eigenvalue weighted by atomic mass is 32.2. The van der Waals surface area contributed by atoms with Crippen molar-refractivity contribution in [1.82, 2.24) is 0 Å². The SMILES string of the molecule is COc1ccc([C@]2(O)CN(c3ccccc3C)C3=[N+]2CCCS3)cc1OC. The number of thioether (sulfide) groups is 1. The number of nitrogens with zero attached hydrogens (tertiary/aromatic N) is 2. The van der Waals surface area contributed by atoms with Gasteiger partial charge in [-0.1, -0.05) is 18.2 Å². The quantitative estimate of drug-likeness (QED) is 0.819. The molecule has 0 saturated heterocycles. The Morgan fingerprint density at radius 1 is 1.11 bits per heavy atom. The van der Waals surface area contributed by atoms with Crippen LogP contribution in [-0.2, 0) is 5.72 Å². The van der Waals surface area contributed by atoms with Crippen LogP contribution in [0.4, 0.5) is 5.69 Å². The van der Waals surface area contributed by atoms with Crippen LogP contribution in [0.1, 0.15) is 17.5 Å². The summed E-state index contributed by atoms with van der Waals surface area (Å²) in [5.41, 5.74) is 2.05. The van der Waals surface area contributed by atoms with E-state index >= 15 is 0 Å². The summed E-state index contributed by atoms with van der Waals surface area (Å²) in [5, 5.41) is 12.9. The van der Waals surface area contributed by atoms with Gasteiger partial charge < -0.3 is 14.6 Å². The van der Waals surface area contributed by atoms with Gasteiger partial charge in [0.25, 0.3) is 5.72 Å². The first kappa shape index (κ1) is 18.2. The fourth-order valence-electron chi connectivity index (χ4n) is 3.89. The summed E-state index contributed by atoms with van der Waals surface area (Å²) in [6.07, 6.45) is 1.05. The fourth-order valence-corrected chi connectivity index (χ4v) is 5.06. The van der Waals surface area contributed by atoms with Crippen molar-refractivity contribution in [2.45, 2.75) is 19.1 Å². The second kappa shape index (κ2) is 7.09. The number of ether oxygens (including phenoxy) is 2. The molecule has 2 aliphatic rings. The Bertz CT molecular complexity index is 899. The summed E-state index contributed by atoms with van der Waals surface area (Å²) in [6.45, 7) is 3.42. The van der Waals surface area contributed by atoms with E-state index in [0.29, 0.717) is 18.0 Å². The van der Waals surface area contributed by atoms with Crippen molar-refractivity contribution in [2.24, 2.45) is 0 Å². The van der Waals surface area contributed by atoms with E-state index in [9.17, 15) is 5.11 Å². The first-order chi connectivity index (χ1) is 13.1. The Morgan fingerprint density at radius 2 is 1.89 bits per heavy atom. The third-order valence-corrected chi connectivity index (χ3v) is 6.49. The van der Waals surface area contributed by atoms with Gasteiger partial charge in [-0.3, -0.25) is 0 Å². The number of hydrogen-bond donors (Lipinski definition) is 1. The molecule has 0 spiro atoms. The Labute approximate surface area is 164 Å². The minimum atomic E-state index is -1.11. The van der Waals surface area contributed by atoms with Crippen molar-refractivity contribution < 1.29 is 19.2 Å². The van der Waals surface area contributed by atoms with E-state index in [1.54, 1.807) is 14.2 Å². The molecule has 142 valence electrons. The number of hydrogen-bond acceptors (Lipinski definition) is 5. The largest absolute Gasteiger partial charge is 0.493 e. The minimum Gasteiger partial charge on any atom is -0.493 e. The van der Waals surface area contributed by atoms with Gasteiger partial charge >= 0.3 is 5.17 Å². The van der Waals surface area contributed by atoms with Crippen LogP contribution in [0.15, 0.2) is 42.5 Å². The van der Waals surface area contributed by atoms with E-state index < -0.39 is 5.72 Å². The molecule has 0 aromatic heterocycles. The molecule has 2 aliphatic heterocycles. The molecule has 5 nitrogen and oxygen atoms in total. The van der Waals surface area contributed by atoms with E-state index in [4.69, 9.17) is 9.47 Å². The number of anilines is 1. The monoisotopic (exact) mass is 385 g/mol. The molecule has 1 atom stereocenters. The van der Waals surface area contributed by atoms with Gasteiger partial charge in [0, 0.05) is 11.3 Å². The smallest absolute Gasteiger partial charge is 0.316 e. The Hall–Kier alpha value is -2.18. The normalized spacial score (nSPS) is 22.0. The van der Waals surface area contributed by atoms with Crippen molar-refractivity contribution in [2.75, 3.05) is 38.0 Å². The van der Waals surface area contributed by atoms with Crippen molar-refractivity contribution in [1.29, 1.82) is 0 Å². The van der Waals surface area contributed by atoms with E-state index in [2.05, 4.69) is 34.6 Å². The molecular formula is C21H25N2O3S+. The molecule has 27 heavy (non-hydrogen) atoms. The molecule has 1 N–H and O–H groups in total. The predicted molar refractivity (Wildman–Crippen MR) is 109 cm³/mol. The number of para-hydroxylation sites is 1. The lowest BCUT2D eigenvalue weighted by Crippen LogP contribution is -2.41. The van der Waals surface area contributed by atoms with Gasteiger partial charge in [-0.25, -0.2) is 9.48 Å². The lowest BCUT2D eigenvalue weighted by molar-refractivity contribution is -0.656. The topological polar surface area (TPSA) is 44.9 Å². The molecule has 2 aromatic rings. The van der Waals surface area contributed by atoms with Crippen LogP contribution in [0, 0.1) is 6.92 Å². The number of aliphatic hydroxyl groups is 1. The highest BCUT2D eigenvalue weighted by Crippen LogP contribution is 2.40. The summed E-state index contributed by atoms with van der Waals surface area (Å²) in [6, 6.07) is 14.0. The Morgan fingerprint density at radius 3 is 2.63 bits per heavy atom. The van der Waals surface area contributed by atoms with Crippen LogP contribution in [0.3, 0.4) is 0 Å². The molecule has 6 heteroatoms. The molecule has 2 aromatic carbocycles. The van der Waals surface area contributed by atoms with Crippen LogP contribution in [0.5, 0.6) is 11.5 Å². The van der Waals surface area contributed by atoms with Gasteiger partial charge in [0.05, 0.1) is 20.8 Å². The predicted octanol–water partition coefficient (Wildman–Crippen LogP) is 3.18. The van der Waals surface area contributed by atoms with Crippen molar-refractivity contribution in [3.05, 3.63) is 53.6 Å².